The highest BCUT2D eigenvalue weighted by molar-refractivity contribution is 7.09. The summed E-state index contributed by atoms with van der Waals surface area (Å²) < 4.78 is 0. The molecule has 18 heavy (non-hydrogen) atoms. The Labute approximate surface area is 115 Å². The first-order chi connectivity index (χ1) is 8.72. The number of nitrogens with one attached hydrogen (secondary N) is 1. The summed E-state index contributed by atoms with van der Waals surface area (Å²) in [6.07, 6.45) is 6.76. The molecule has 1 fully saturated rings. The molecule has 0 saturated heterocycles. The van der Waals surface area contributed by atoms with Gasteiger partial charge >= 0.3 is 0 Å². The van der Waals surface area contributed by atoms with Gasteiger partial charge in [-0.1, -0.05) is 19.8 Å². The molecule has 3 unspecified atom stereocenters. The van der Waals surface area contributed by atoms with Crippen molar-refractivity contribution in [3.05, 3.63) is 16.1 Å². The average Bonchev–Trinajstić information content (AvgIpc) is 2.77. The van der Waals surface area contributed by atoms with Gasteiger partial charge in [0.1, 0.15) is 0 Å². The molecule has 1 N–H and O–H groups in total. The first-order valence-electron chi connectivity index (χ1n) is 7.28. The normalized spacial score (nSPS) is 28.5. The van der Waals surface area contributed by atoms with Crippen LogP contribution in [0.25, 0.3) is 0 Å². The highest BCUT2D eigenvalue weighted by atomic mass is 32.1. The van der Waals surface area contributed by atoms with E-state index in [-0.39, 0.29) is 0 Å². The van der Waals surface area contributed by atoms with Crippen LogP contribution in [0, 0.1) is 24.7 Å². The predicted molar refractivity (Wildman–Crippen MR) is 79.1 cm³/mol. The van der Waals surface area contributed by atoms with Gasteiger partial charge in [0.15, 0.2) is 0 Å². The van der Waals surface area contributed by atoms with Gasteiger partial charge in [-0.3, -0.25) is 0 Å². The third kappa shape index (κ3) is 3.55. The number of aromatic nitrogens is 1. The lowest BCUT2D eigenvalue weighted by Gasteiger charge is -2.35. The smallest absolute Gasteiger partial charge is 0.0897 e. The summed E-state index contributed by atoms with van der Waals surface area (Å²) in [5, 5.41) is 6.83. The molecule has 0 aromatic carbocycles. The summed E-state index contributed by atoms with van der Waals surface area (Å²) >= 11 is 1.79. The first-order valence-corrected chi connectivity index (χ1v) is 8.16. The third-order valence-corrected chi connectivity index (χ3v) is 5.25. The van der Waals surface area contributed by atoms with Gasteiger partial charge in [-0.2, -0.15) is 0 Å². The first kappa shape index (κ1) is 14.0. The van der Waals surface area contributed by atoms with Gasteiger partial charge in [-0.15, -0.1) is 11.3 Å². The number of rotatable bonds is 5. The standard InChI is InChI=1S/C15H26N2S/c1-4-12-5-6-13(9-16-3)14(7-12)8-15-10-18-11(2)17-15/h10,12-14,16H,4-9H2,1-3H3. The zero-order valence-electron chi connectivity index (χ0n) is 11.9. The largest absolute Gasteiger partial charge is 0.319 e. The van der Waals surface area contributed by atoms with Crippen molar-refractivity contribution < 1.29 is 0 Å². The van der Waals surface area contributed by atoms with Crippen molar-refractivity contribution in [2.24, 2.45) is 17.8 Å². The summed E-state index contributed by atoms with van der Waals surface area (Å²) in [7, 11) is 2.08. The van der Waals surface area contributed by atoms with E-state index in [0.29, 0.717) is 0 Å². The Hall–Kier alpha value is -0.410. The fourth-order valence-electron chi connectivity index (χ4n) is 3.35. The minimum Gasteiger partial charge on any atom is -0.319 e. The summed E-state index contributed by atoms with van der Waals surface area (Å²) in [5.41, 5.74) is 1.32. The zero-order chi connectivity index (χ0) is 13.0. The van der Waals surface area contributed by atoms with E-state index in [1.807, 2.05) is 0 Å². The lowest BCUT2D eigenvalue weighted by atomic mass is 9.71. The molecule has 3 heteroatoms. The molecule has 0 bridgehead atoms. The summed E-state index contributed by atoms with van der Waals surface area (Å²) in [6, 6.07) is 0. The van der Waals surface area contributed by atoms with Crippen LogP contribution in [0.3, 0.4) is 0 Å². The number of hydrogen-bond donors (Lipinski definition) is 1. The number of hydrogen-bond acceptors (Lipinski definition) is 3. The Morgan fingerprint density at radius 1 is 1.39 bits per heavy atom. The molecule has 1 aromatic rings. The highest BCUT2D eigenvalue weighted by Gasteiger charge is 2.29. The van der Waals surface area contributed by atoms with Crippen molar-refractivity contribution in [3.63, 3.8) is 0 Å². The van der Waals surface area contributed by atoms with Gasteiger partial charge in [0.05, 0.1) is 10.7 Å². The van der Waals surface area contributed by atoms with E-state index in [9.17, 15) is 0 Å². The van der Waals surface area contributed by atoms with Gasteiger partial charge in [-0.25, -0.2) is 4.98 Å². The van der Waals surface area contributed by atoms with E-state index in [0.717, 1.165) is 17.8 Å². The lowest BCUT2D eigenvalue weighted by molar-refractivity contribution is 0.172. The summed E-state index contributed by atoms with van der Waals surface area (Å²) in [4.78, 5) is 4.65. The average molecular weight is 266 g/mol. The van der Waals surface area contributed by atoms with Crippen LogP contribution in [-0.4, -0.2) is 18.6 Å². The molecule has 2 nitrogen and oxygen atoms in total. The fraction of sp³-hybridized carbons (Fsp3) is 0.800. The Balaban J connectivity index is 2.00. The Morgan fingerprint density at radius 3 is 2.83 bits per heavy atom. The van der Waals surface area contributed by atoms with Crippen LogP contribution in [0.15, 0.2) is 5.38 Å². The predicted octanol–water partition coefficient (Wildman–Crippen LogP) is 3.66. The quantitative estimate of drug-likeness (QED) is 0.880. The summed E-state index contributed by atoms with van der Waals surface area (Å²) in [6.45, 7) is 5.62. The van der Waals surface area contributed by atoms with Crippen LogP contribution in [0.2, 0.25) is 0 Å². The Morgan fingerprint density at radius 2 is 2.22 bits per heavy atom. The van der Waals surface area contributed by atoms with E-state index < -0.39 is 0 Å². The molecule has 1 aliphatic carbocycles. The van der Waals surface area contributed by atoms with Crippen molar-refractivity contribution in [2.45, 2.75) is 46.0 Å². The number of aryl methyl sites for hydroxylation is 1. The Bertz CT molecular complexity index is 361. The van der Waals surface area contributed by atoms with Gasteiger partial charge < -0.3 is 5.32 Å². The monoisotopic (exact) mass is 266 g/mol. The van der Waals surface area contributed by atoms with E-state index in [1.54, 1.807) is 11.3 Å². The molecule has 1 aliphatic rings. The molecule has 1 heterocycles. The van der Waals surface area contributed by atoms with Gasteiger partial charge in [0, 0.05) is 5.38 Å². The van der Waals surface area contributed by atoms with Gasteiger partial charge in [-0.05, 0) is 57.5 Å². The molecule has 2 rings (SSSR count). The lowest BCUT2D eigenvalue weighted by Crippen LogP contribution is -2.33. The molecule has 0 spiro atoms. The van der Waals surface area contributed by atoms with E-state index in [1.165, 1.54) is 49.4 Å². The minimum absolute atomic E-state index is 0.831. The summed E-state index contributed by atoms with van der Waals surface area (Å²) in [5.74, 6) is 2.63. The molecule has 0 radical (unpaired) electrons. The van der Waals surface area contributed by atoms with Crippen LogP contribution in [0.5, 0.6) is 0 Å². The van der Waals surface area contributed by atoms with Crippen molar-refractivity contribution in [2.75, 3.05) is 13.6 Å². The van der Waals surface area contributed by atoms with Crippen LogP contribution < -0.4 is 5.32 Å². The Kier molecular flexibility index (Phi) is 5.19. The van der Waals surface area contributed by atoms with Gasteiger partial charge in [0.2, 0.25) is 0 Å². The number of nitrogens with zero attached hydrogens (tertiary/aromatic N) is 1. The van der Waals surface area contributed by atoms with Crippen molar-refractivity contribution in [1.82, 2.24) is 10.3 Å². The molecule has 3 atom stereocenters. The van der Waals surface area contributed by atoms with Crippen LogP contribution >= 0.6 is 11.3 Å². The molecule has 0 amide bonds. The minimum atomic E-state index is 0.831. The van der Waals surface area contributed by atoms with Crippen molar-refractivity contribution >= 4 is 11.3 Å². The van der Waals surface area contributed by atoms with E-state index in [2.05, 4.69) is 36.6 Å². The second kappa shape index (κ2) is 6.67. The van der Waals surface area contributed by atoms with Gasteiger partial charge in [0.25, 0.3) is 0 Å². The van der Waals surface area contributed by atoms with Crippen molar-refractivity contribution in [3.8, 4) is 0 Å². The van der Waals surface area contributed by atoms with E-state index in [4.69, 9.17) is 0 Å². The highest BCUT2D eigenvalue weighted by Crippen LogP contribution is 2.37. The number of thiazole rings is 1. The SMILES string of the molecule is CCC1CCC(CNC)C(Cc2csc(C)n2)C1. The zero-order valence-corrected chi connectivity index (χ0v) is 12.7. The van der Waals surface area contributed by atoms with E-state index >= 15 is 0 Å². The van der Waals surface area contributed by atoms with Crippen LogP contribution in [-0.2, 0) is 6.42 Å². The second-order valence-corrected chi connectivity index (χ2v) is 6.79. The van der Waals surface area contributed by atoms with Crippen LogP contribution in [0.1, 0.15) is 43.3 Å². The fourth-order valence-corrected chi connectivity index (χ4v) is 3.97. The van der Waals surface area contributed by atoms with Crippen LogP contribution in [0.4, 0.5) is 0 Å². The third-order valence-electron chi connectivity index (χ3n) is 4.43. The maximum absolute atomic E-state index is 4.65. The molecule has 102 valence electrons. The second-order valence-electron chi connectivity index (χ2n) is 5.73. The molecule has 0 aliphatic heterocycles. The maximum atomic E-state index is 4.65. The molecular formula is C15H26N2S. The molecule has 1 saturated carbocycles. The molecular weight excluding hydrogens is 240 g/mol. The molecule has 1 aromatic heterocycles. The topological polar surface area (TPSA) is 24.9 Å². The maximum Gasteiger partial charge on any atom is 0.0897 e. The van der Waals surface area contributed by atoms with Crippen molar-refractivity contribution in [1.29, 1.82) is 0 Å².